The van der Waals surface area contributed by atoms with Crippen molar-refractivity contribution in [1.82, 2.24) is 0 Å². The maximum atomic E-state index is 13.4. The first-order valence-electron chi connectivity index (χ1n) is 10.3. The Morgan fingerprint density at radius 1 is 0.788 bits per heavy atom. The summed E-state index contributed by atoms with van der Waals surface area (Å²) < 4.78 is 0. The molecule has 7 nitrogen and oxygen atoms in total. The number of carbonyl (C=O) groups excluding carboxylic acids is 2. The van der Waals surface area contributed by atoms with E-state index in [1.165, 1.54) is 5.01 Å². The lowest BCUT2D eigenvalue weighted by Gasteiger charge is -2.17. The Hall–Kier alpha value is -4.17. The molecule has 0 saturated carbocycles. The van der Waals surface area contributed by atoms with Crippen molar-refractivity contribution in [3.63, 3.8) is 0 Å². The van der Waals surface area contributed by atoms with Gasteiger partial charge in [0.2, 0.25) is 0 Å². The van der Waals surface area contributed by atoms with Crippen LogP contribution in [-0.4, -0.2) is 22.6 Å². The van der Waals surface area contributed by atoms with Crippen molar-refractivity contribution in [3.8, 4) is 0 Å². The van der Waals surface area contributed by atoms with Crippen molar-refractivity contribution in [3.05, 3.63) is 102 Å². The van der Waals surface area contributed by atoms with E-state index in [1.54, 1.807) is 11.9 Å². The molecule has 0 unspecified atom stereocenters. The number of amides is 2. The number of nitrogens with one attached hydrogen (secondary N) is 1. The van der Waals surface area contributed by atoms with Crippen molar-refractivity contribution in [2.24, 2.45) is 10.2 Å². The zero-order valence-electron chi connectivity index (χ0n) is 17.7. The van der Waals surface area contributed by atoms with E-state index in [0.29, 0.717) is 27.7 Å². The number of hydrazone groups is 2. The average molecular weight is 454 g/mol. The Balaban J connectivity index is 1.52. The number of nitrogens with zero attached hydrogens (tertiary/aromatic N) is 4. The topological polar surface area (TPSA) is 77.4 Å². The Morgan fingerprint density at radius 3 is 1.94 bits per heavy atom. The summed E-state index contributed by atoms with van der Waals surface area (Å²) in [4.78, 5) is 26.4. The quantitative estimate of drug-likeness (QED) is 0.574. The van der Waals surface area contributed by atoms with Crippen molar-refractivity contribution < 1.29 is 9.59 Å². The van der Waals surface area contributed by atoms with Crippen LogP contribution in [0.15, 0.2) is 112 Å². The fourth-order valence-electron chi connectivity index (χ4n) is 3.49. The van der Waals surface area contributed by atoms with E-state index >= 15 is 0 Å². The minimum atomic E-state index is -0.345. The lowest BCUT2D eigenvalue weighted by molar-refractivity contribution is -0.114. The largest absolute Gasteiger partial charge is 0.320 e. The van der Waals surface area contributed by atoms with Crippen LogP contribution in [0.4, 0.5) is 17.1 Å². The van der Waals surface area contributed by atoms with Crippen LogP contribution in [0.2, 0.25) is 0 Å². The van der Waals surface area contributed by atoms with Crippen molar-refractivity contribution in [2.75, 3.05) is 15.3 Å². The van der Waals surface area contributed by atoms with Gasteiger partial charge in [0.25, 0.3) is 11.8 Å². The standard InChI is InChI=1S/C25H19N5O2S/c1-17-21(24(32)29(27-17)19-13-7-3-8-14-19)25-30(20-15-9-4-10-16-20)28-23(33-25)22(31)26-18-11-5-2-6-12-18/h2-16H,1H3,(H,26,31)/b25-21-. The molecule has 33 heavy (non-hydrogen) atoms. The number of para-hydroxylation sites is 3. The molecule has 2 aliphatic heterocycles. The highest BCUT2D eigenvalue weighted by Gasteiger charge is 2.38. The zero-order chi connectivity index (χ0) is 22.8. The van der Waals surface area contributed by atoms with Crippen LogP contribution in [0.5, 0.6) is 0 Å². The van der Waals surface area contributed by atoms with Crippen LogP contribution in [-0.2, 0) is 9.59 Å². The first-order chi connectivity index (χ1) is 16.1. The lowest BCUT2D eigenvalue weighted by atomic mass is 10.2. The predicted octanol–water partition coefficient (Wildman–Crippen LogP) is 4.83. The van der Waals surface area contributed by atoms with E-state index in [-0.39, 0.29) is 16.9 Å². The average Bonchev–Trinajstić information content (AvgIpc) is 3.41. The molecule has 3 aromatic carbocycles. The predicted molar refractivity (Wildman–Crippen MR) is 133 cm³/mol. The summed E-state index contributed by atoms with van der Waals surface area (Å²) in [6.07, 6.45) is 0. The Bertz CT molecular complexity index is 1300. The van der Waals surface area contributed by atoms with Crippen LogP contribution >= 0.6 is 11.8 Å². The summed E-state index contributed by atoms with van der Waals surface area (Å²) in [5.74, 6) is -0.607. The summed E-state index contributed by atoms with van der Waals surface area (Å²) in [6, 6.07) is 27.9. The Labute approximate surface area is 195 Å². The number of rotatable bonds is 4. The van der Waals surface area contributed by atoms with E-state index < -0.39 is 0 Å². The van der Waals surface area contributed by atoms with Gasteiger partial charge in [-0.2, -0.15) is 15.2 Å². The number of benzene rings is 3. The minimum Gasteiger partial charge on any atom is -0.320 e. The Morgan fingerprint density at radius 2 is 1.33 bits per heavy atom. The van der Waals surface area contributed by atoms with E-state index in [4.69, 9.17) is 0 Å². The molecule has 0 fully saturated rings. The van der Waals surface area contributed by atoms with Crippen molar-refractivity contribution >= 4 is 51.4 Å². The molecule has 1 N–H and O–H groups in total. The molecule has 0 bridgehead atoms. The van der Waals surface area contributed by atoms with Crippen molar-refractivity contribution in [1.29, 1.82) is 0 Å². The van der Waals surface area contributed by atoms with Gasteiger partial charge in [-0.3, -0.25) is 9.59 Å². The second-order valence-electron chi connectivity index (χ2n) is 7.29. The third kappa shape index (κ3) is 4.04. The maximum Gasteiger partial charge on any atom is 0.283 e. The molecular weight excluding hydrogens is 434 g/mol. The smallest absolute Gasteiger partial charge is 0.283 e. The first kappa shape index (κ1) is 20.7. The number of thioether (sulfide) groups is 1. The zero-order valence-corrected chi connectivity index (χ0v) is 18.5. The van der Waals surface area contributed by atoms with Crippen LogP contribution in [0, 0.1) is 0 Å². The maximum absolute atomic E-state index is 13.4. The molecule has 0 saturated heterocycles. The SMILES string of the molecule is CC1=NN(c2ccccc2)C(=O)/C1=C1\SC(C(=O)Nc2ccccc2)=NN1c1ccccc1. The molecule has 2 heterocycles. The van der Waals surface area contributed by atoms with E-state index in [0.717, 1.165) is 17.4 Å². The summed E-state index contributed by atoms with van der Waals surface area (Å²) in [5.41, 5.74) is 3.07. The first-order valence-corrected chi connectivity index (χ1v) is 11.1. The second-order valence-corrected chi connectivity index (χ2v) is 8.27. The number of carbonyl (C=O) groups is 2. The molecule has 162 valence electrons. The van der Waals surface area contributed by atoms with Gasteiger partial charge >= 0.3 is 0 Å². The molecule has 8 heteroatoms. The molecular formula is C25H19N5O2S. The molecule has 2 aliphatic rings. The molecule has 3 aromatic rings. The monoisotopic (exact) mass is 453 g/mol. The van der Waals surface area contributed by atoms with Gasteiger partial charge in [-0.05, 0) is 55.1 Å². The van der Waals surface area contributed by atoms with Gasteiger partial charge in [0, 0.05) is 5.69 Å². The van der Waals surface area contributed by atoms with E-state index in [9.17, 15) is 9.59 Å². The Kier molecular flexibility index (Phi) is 5.50. The molecule has 0 atom stereocenters. The summed E-state index contributed by atoms with van der Waals surface area (Å²) >= 11 is 1.16. The van der Waals surface area contributed by atoms with Crippen molar-refractivity contribution in [2.45, 2.75) is 6.92 Å². The van der Waals surface area contributed by atoms with Crippen LogP contribution < -0.4 is 15.3 Å². The van der Waals surface area contributed by atoms with E-state index in [2.05, 4.69) is 15.5 Å². The molecule has 5 rings (SSSR count). The minimum absolute atomic E-state index is 0.240. The van der Waals surface area contributed by atoms with Gasteiger partial charge in [-0.25, -0.2) is 5.01 Å². The van der Waals surface area contributed by atoms with Gasteiger partial charge < -0.3 is 5.32 Å². The number of hydrogen-bond donors (Lipinski definition) is 1. The number of anilines is 3. The fraction of sp³-hybridized carbons (Fsp3) is 0.0400. The van der Waals surface area contributed by atoms with Gasteiger partial charge in [0.05, 0.1) is 22.7 Å². The van der Waals surface area contributed by atoms with Gasteiger partial charge in [-0.1, -0.05) is 54.6 Å². The molecule has 0 aliphatic carbocycles. The summed E-state index contributed by atoms with van der Waals surface area (Å²) in [5, 5.41) is 15.7. The highest BCUT2D eigenvalue weighted by Crippen LogP contribution is 2.39. The molecule has 0 aromatic heterocycles. The van der Waals surface area contributed by atoms with E-state index in [1.807, 2.05) is 91.0 Å². The molecule has 2 amide bonds. The highest BCUT2D eigenvalue weighted by atomic mass is 32.2. The second kappa shape index (κ2) is 8.76. The third-order valence-electron chi connectivity index (χ3n) is 5.04. The third-order valence-corrected chi connectivity index (χ3v) is 6.07. The van der Waals surface area contributed by atoms with Crippen LogP contribution in [0.25, 0.3) is 0 Å². The molecule has 0 spiro atoms. The number of hydrogen-bond acceptors (Lipinski definition) is 6. The van der Waals surface area contributed by atoms with Gasteiger partial charge in [0.1, 0.15) is 5.03 Å². The van der Waals surface area contributed by atoms with Crippen LogP contribution in [0.1, 0.15) is 6.92 Å². The normalized spacial score (nSPS) is 17.8. The lowest BCUT2D eigenvalue weighted by Crippen LogP contribution is -2.24. The van der Waals surface area contributed by atoms with Gasteiger partial charge in [-0.15, -0.1) is 0 Å². The van der Waals surface area contributed by atoms with Gasteiger partial charge in [0.15, 0.2) is 5.04 Å². The highest BCUT2D eigenvalue weighted by molar-refractivity contribution is 8.19. The summed E-state index contributed by atoms with van der Waals surface area (Å²) in [7, 11) is 0. The summed E-state index contributed by atoms with van der Waals surface area (Å²) in [6.45, 7) is 1.79. The fourth-order valence-corrected chi connectivity index (χ4v) is 4.51. The molecule has 0 radical (unpaired) electrons. The van der Waals surface area contributed by atoms with Crippen LogP contribution in [0.3, 0.4) is 0 Å².